The Kier molecular flexibility index (Phi) is 3.06. The lowest BCUT2D eigenvalue weighted by Gasteiger charge is -2.06. The van der Waals surface area contributed by atoms with Gasteiger partial charge in [-0.1, -0.05) is 44.0 Å². The average Bonchev–Trinajstić information content (AvgIpc) is 2.74. The standard InChI is InChI=1S/C17H18N/c1-2-3-8-13-18-16-11-6-4-9-14(16)15-10-5-7-12-17(15)18/h4,6-7,9-12H,2-3,8,13H2,1H3. The van der Waals surface area contributed by atoms with Crippen molar-refractivity contribution in [1.82, 2.24) is 4.57 Å². The Labute approximate surface area is 108 Å². The molecule has 3 rings (SSSR count). The lowest BCUT2D eigenvalue weighted by molar-refractivity contribution is 0.627. The molecule has 0 aliphatic heterocycles. The van der Waals surface area contributed by atoms with E-state index in [0.717, 1.165) is 6.54 Å². The minimum Gasteiger partial charge on any atom is -0.340 e. The van der Waals surface area contributed by atoms with E-state index in [4.69, 9.17) is 0 Å². The van der Waals surface area contributed by atoms with Gasteiger partial charge in [0.15, 0.2) is 0 Å². The SMILES string of the molecule is CCCCCn1c2cc[c]cc2c2ccccc21. The Bertz CT molecular complexity index is 610. The second-order valence-corrected chi connectivity index (χ2v) is 4.82. The second-order valence-electron chi connectivity index (χ2n) is 4.82. The highest BCUT2D eigenvalue weighted by Crippen LogP contribution is 2.28. The van der Waals surface area contributed by atoms with Gasteiger partial charge in [-0.25, -0.2) is 0 Å². The Hall–Kier alpha value is -1.76. The largest absolute Gasteiger partial charge is 0.340 e. The molecular weight excluding hydrogens is 218 g/mol. The van der Waals surface area contributed by atoms with E-state index in [9.17, 15) is 0 Å². The molecule has 18 heavy (non-hydrogen) atoms. The number of rotatable bonds is 4. The van der Waals surface area contributed by atoms with E-state index in [1.54, 1.807) is 0 Å². The second kappa shape index (κ2) is 4.85. The number of aromatic nitrogens is 1. The molecule has 0 aliphatic carbocycles. The molecule has 0 aliphatic rings. The van der Waals surface area contributed by atoms with Crippen LogP contribution in [0, 0.1) is 6.07 Å². The van der Waals surface area contributed by atoms with Crippen molar-refractivity contribution in [2.24, 2.45) is 0 Å². The van der Waals surface area contributed by atoms with Crippen LogP contribution in [0.1, 0.15) is 26.2 Å². The van der Waals surface area contributed by atoms with Crippen LogP contribution in [0.3, 0.4) is 0 Å². The highest BCUT2D eigenvalue weighted by molar-refractivity contribution is 6.07. The van der Waals surface area contributed by atoms with Gasteiger partial charge in [-0.15, -0.1) is 0 Å². The summed E-state index contributed by atoms with van der Waals surface area (Å²) in [5.74, 6) is 0. The van der Waals surface area contributed by atoms with Crippen molar-refractivity contribution in [3.05, 3.63) is 48.5 Å². The topological polar surface area (TPSA) is 4.93 Å². The fourth-order valence-corrected chi connectivity index (χ4v) is 2.70. The number of hydrogen-bond donors (Lipinski definition) is 0. The van der Waals surface area contributed by atoms with Gasteiger partial charge in [-0.05, 0) is 30.7 Å². The van der Waals surface area contributed by atoms with Gasteiger partial charge < -0.3 is 4.57 Å². The molecule has 1 radical (unpaired) electrons. The molecule has 0 N–H and O–H groups in total. The lowest BCUT2D eigenvalue weighted by atomic mass is 10.2. The van der Waals surface area contributed by atoms with Crippen molar-refractivity contribution in [2.45, 2.75) is 32.7 Å². The van der Waals surface area contributed by atoms with Crippen LogP contribution in [0.4, 0.5) is 0 Å². The highest BCUT2D eigenvalue weighted by Gasteiger charge is 2.08. The van der Waals surface area contributed by atoms with Crippen LogP contribution in [0.25, 0.3) is 21.8 Å². The van der Waals surface area contributed by atoms with Gasteiger partial charge in [-0.3, -0.25) is 0 Å². The number of hydrogen-bond acceptors (Lipinski definition) is 0. The monoisotopic (exact) mass is 236 g/mol. The van der Waals surface area contributed by atoms with Crippen molar-refractivity contribution in [3.8, 4) is 0 Å². The molecule has 0 spiro atoms. The lowest BCUT2D eigenvalue weighted by Crippen LogP contribution is -1.97. The van der Waals surface area contributed by atoms with E-state index in [0.29, 0.717) is 0 Å². The van der Waals surface area contributed by atoms with E-state index >= 15 is 0 Å². The molecule has 0 saturated heterocycles. The summed E-state index contributed by atoms with van der Waals surface area (Å²) in [7, 11) is 0. The number of para-hydroxylation sites is 1. The Morgan fingerprint density at radius 2 is 1.83 bits per heavy atom. The number of aryl methyl sites for hydroxylation is 1. The van der Waals surface area contributed by atoms with E-state index in [-0.39, 0.29) is 0 Å². The maximum Gasteiger partial charge on any atom is 0.0491 e. The van der Waals surface area contributed by atoms with Crippen molar-refractivity contribution in [2.75, 3.05) is 0 Å². The fraction of sp³-hybridized carbons (Fsp3) is 0.294. The molecule has 0 amide bonds. The maximum absolute atomic E-state index is 3.19. The molecule has 0 unspecified atom stereocenters. The summed E-state index contributed by atoms with van der Waals surface area (Å²) in [6.45, 7) is 3.36. The zero-order valence-electron chi connectivity index (χ0n) is 10.8. The third-order valence-electron chi connectivity index (χ3n) is 3.60. The molecule has 2 aromatic carbocycles. The summed E-state index contributed by atoms with van der Waals surface area (Å²) in [4.78, 5) is 0. The zero-order valence-corrected chi connectivity index (χ0v) is 10.8. The van der Waals surface area contributed by atoms with E-state index in [2.05, 4.69) is 54.0 Å². The van der Waals surface area contributed by atoms with E-state index in [1.165, 1.54) is 41.1 Å². The molecule has 3 aromatic rings. The molecule has 0 saturated carbocycles. The summed E-state index contributed by atoms with van der Waals surface area (Å²) < 4.78 is 2.45. The number of fused-ring (bicyclic) bond motifs is 3. The first-order valence-corrected chi connectivity index (χ1v) is 6.79. The fourth-order valence-electron chi connectivity index (χ4n) is 2.70. The van der Waals surface area contributed by atoms with Gasteiger partial charge in [0.2, 0.25) is 0 Å². The molecule has 1 nitrogen and oxygen atoms in total. The molecule has 0 atom stereocenters. The number of benzene rings is 2. The minimum absolute atomic E-state index is 1.11. The van der Waals surface area contributed by atoms with E-state index < -0.39 is 0 Å². The maximum atomic E-state index is 3.19. The van der Waals surface area contributed by atoms with Crippen LogP contribution < -0.4 is 0 Å². The molecule has 1 heterocycles. The molecule has 91 valence electrons. The quantitative estimate of drug-likeness (QED) is 0.574. The third-order valence-corrected chi connectivity index (χ3v) is 3.60. The van der Waals surface area contributed by atoms with Gasteiger partial charge in [-0.2, -0.15) is 0 Å². The van der Waals surface area contributed by atoms with Crippen molar-refractivity contribution in [1.29, 1.82) is 0 Å². The normalized spacial score (nSPS) is 11.4. The van der Waals surface area contributed by atoms with E-state index in [1.807, 2.05) is 6.07 Å². The Morgan fingerprint density at radius 3 is 2.72 bits per heavy atom. The summed E-state index contributed by atoms with van der Waals surface area (Å²) in [5.41, 5.74) is 2.69. The smallest absolute Gasteiger partial charge is 0.0491 e. The first-order valence-electron chi connectivity index (χ1n) is 6.79. The minimum atomic E-state index is 1.11. The van der Waals surface area contributed by atoms with Gasteiger partial charge in [0, 0.05) is 28.4 Å². The summed E-state index contributed by atoms with van der Waals surface area (Å²) in [6.07, 6.45) is 3.82. The predicted molar refractivity (Wildman–Crippen MR) is 77.8 cm³/mol. The zero-order chi connectivity index (χ0) is 12.4. The first-order chi connectivity index (χ1) is 8.92. The molecule has 0 bridgehead atoms. The van der Waals surface area contributed by atoms with Crippen LogP contribution in [-0.4, -0.2) is 4.57 Å². The first kappa shape index (κ1) is 11.3. The van der Waals surface area contributed by atoms with Gasteiger partial charge in [0.1, 0.15) is 0 Å². The molecular formula is C17H18N. The average molecular weight is 236 g/mol. The van der Waals surface area contributed by atoms with Crippen LogP contribution in [0.2, 0.25) is 0 Å². The molecule has 1 aromatic heterocycles. The van der Waals surface area contributed by atoms with Crippen LogP contribution >= 0.6 is 0 Å². The summed E-state index contributed by atoms with van der Waals surface area (Å²) >= 11 is 0. The van der Waals surface area contributed by atoms with Crippen LogP contribution in [-0.2, 0) is 6.54 Å². The predicted octanol–water partition coefficient (Wildman–Crippen LogP) is 4.78. The van der Waals surface area contributed by atoms with Gasteiger partial charge in [0.05, 0.1) is 0 Å². The van der Waals surface area contributed by atoms with Crippen LogP contribution in [0.5, 0.6) is 0 Å². The van der Waals surface area contributed by atoms with Crippen LogP contribution in [0.15, 0.2) is 42.5 Å². The number of unbranched alkanes of at least 4 members (excludes halogenated alkanes) is 2. The summed E-state index contributed by atoms with van der Waals surface area (Å²) in [6, 6.07) is 18.2. The van der Waals surface area contributed by atoms with Crippen molar-refractivity contribution >= 4 is 21.8 Å². The highest BCUT2D eigenvalue weighted by atomic mass is 15.0. The Balaban J connectivity index is 2.18. The third kappa shape index (κ3) is 1.80. The van der Waals surface area contributed by atoms with Crippen molar-refractivity contribution < 1.29 is 0 Å². The summed E-state index contributed by atoms with van der Waals surface area (Å²) in [5, 5.41) is 2.67. The Morgan fingerprint density at radius 1 is 1.00 bits per heavy atom. The van der Waals surface area contributed by atoms with Crippen molar-refractivity contribution in [3.63, 3.8) is 0 Å². The number of nitrogens with zero attached hydrogens (tertiary/aromatic N) is 1. The van der Waals surface area contributed by atoms with Gasteiger partial charge in [0.25, 0.3) is 0 Å². The molecule has 1 heteroatoms. The van der Waals surface area contributed by atoms with Gasteiger partial charge >= 0.3 is 0 Å². The molecule has 0 fully saturated rings.